The normalized spacial score (nSPS) is 13.2. The lowest BCUT2D eigenvalue weighted by atomic mass is 10.0. The highest BCUT2D eigenvalue weighted by Gasteiger charge is 2.17. The third-order valence-corrected chi connectivity index (χ3v) is 8.90. The number of aromatic nitrogens is 4. The zero-order valence-electron chi connectivity index (χ0n) is 30.3. The first-order valence-electron chi connectivity index (χ1n) is 18.1. The molecule has 10 rings (SSSR count). The Labute approximate surface area is 282 Å². The molecule has 3 aromatic heterocycles. The Morgan fingerprint density at radius 3 is 1.85 bits per heavy atom. The molecule has 5 heteroatoms. The van der Waals surface area contributed by atoms with E-state index in [-0.39, 0.29) is 23.5 Å². The van der Waals surface area contributed by atoms with Crippen LogP contribution in [0.2, 0.25) is 0 Å². The Morgan fingerprint density at radius 1 is 0.458 bits per heavy atom. The summed E-state index contributed by atoms with van der Waals surface area (Å²) in [6, 6.07) is 40.2. The van der Waals surface area contributed by atoms with Gasteiger partial charge in [0.1, 0.15) is 11.2 Å². The van der Waals surface area contributed by atoms with E-state index in [0.717, 1.165) is 54.6 Å². The van der Waals surface area contributed by atoms with Gasteiger partial charge in [0, 0.05) is 43.9 Å². The first-order valence-corrected chi connectivity index (χ1v) is 15.6. The average Bonchev–Trinajstić information content (AvgIpc) is 3.73. The van der Waals surface area contributed by atoms with Gasteiger partial charge in [-0.25, -0.2) is 15.0 Å². The molecule has 0 aliphatic carbocycles. The summed E-state index contributed by atoms with van der Waals surface area (Å²) in [5, 5.41) is 6.03. The molecule has 0 aliphatic heterocycles. The Kier molecular flexibility index (Phi) is 4.81. The van der Waals surface area contributed by atoms with Gasteiger partial charge in [0.15, 0.2) is 17.5 Å². The minimum Gasteiger partial charge on any atom is -0.456 e. The first-order chi connectivity index (χ1) is 25.8. The van der Waals surface area contributed by atoms with Gasteiger partial charge in [-0.3, -0.25) is 0 Å². The van der Waals surface area contributed by atoms with Crippen molar-refractivity contribution in [3.05, 3.63) is 158 Å². The van der Waals surface area contributed by atoms with Crippen LogP contribution >= 0.6 is 0 Å². The van der Waals surface area contributed by atoms with Gasteiger partial charge in [-0.05, 0) is 77.5 Å². The largest absolute Gasteiger partial charge is 0.456 e. The van der Waals surface area contributed by atoms with Crippen LogP contribution in [0.1, 0.15) is 6.85 Å². The van der Waals surface area contributed by atoms with Crippen molar-refractivity contribution in [2.45, 2.75) is 0 Å². The summed E-state index contributed by atoms with van der Waals surface area (Å²) in [5.41, 5.74) is 5.81. The highest BCUT2D eigenvalue weighted by molar-refractivity contribution is 6.11. The fourth-order valence-electron chi connectivity index (χ4n) is 6.68. The third kappa shape index (κ3) is 4.22. The number of hydrogen-bond donors (Lipinski definition) is 0. The Hall–Kier alpha value is -6.59. The van der Waals surface area contributed by atoms with Crippen molar-refractivity contribution in [3.63, 3.8) is 0 Å². The molecule has 0 spiro atoms. The molecule has 3 heterocycles. The second-order valence-electron chi connectivity index (χ2n) is 11.7. The van der Waals surface area contributed by atoms with Crippen LogP contribution in [-0.2, 0) is 0 Å². The summed E-state index contributed by atoms with van der Waals surface area (Å²) in [6.07, 6.45) is 0. The zero-order chi connectivity index (χ0) is 36.0. The Bertz CT molecular complexity index is 3110. The topological polar surface area (TPSA) is 56.7 Å². The maximum absolute atomic E-state index is 8.76. The number of hydrogen-bond acceptors (Lipinski definition) is 4. The highest BCUT2D eigenvalue weighted by atomic mass is 16.3. The molecule has 0 saturated carbocycles. The predicted molar refractivity (Wildman–Crippen MR) is 195 cm³/mol. The molecular weight excluding hydrogens is 589 g/mol. The molecule has 0 unspecified atom stereocenters. The summed E-state index contributed by atoms with van der Waals surface area (Å²) < 4.78 is 50.9. The molecule has 48 heavy (non-hydrogen) atoms. The second-order valence-corrected chi connectivity index (χ2v) is 11.7. The molecule has 0 aliphatic rings. The molecule has 0 saturated heterocycles. The van der Waals surface area contributed by atoms with Gasteiger partial charge in [-0.2, -0.15) is 0 Å². The van der Waals surface area contributed by atoms with Gasteiger partial charge in [-0.15, -0.1) is 0 Å². The van der Waals surface area contributed by atoms with Gasteiger partial charge < -0.3 is 8.98 Å². The number of benzene rings is 7. The van der Waals surface area contributed by atoms with Crippen LogP contribution in [0.5, 0.6) is 0 Å². The van der Waals surface area contributed by atoms with Crippen LogP contribution in [0, 0.1) is 0 Å². The molecule has 0 bridgehead atoms. The minimum absolute atomic E-state index is 0.0167. The van der Waals surface area contributed by atoms with E-state index in [1.807, 2.05) is 84.9 Å². The molecule has 5 nitrogen and oxygen atoms in total. The van der Waals surface area contributed by atoms with Crippen molar-refractivity contribution in [3.8, 4) is 39.9 Å². The molecule has 0 atom stereocenters. The fraction of sp³-hybridized carbons (Fsp3) is 0. The van der Waals surface area contributed by atoms with E-state index in [9.17, 15) is 0 Å². The van der Waals surface area contributed by atoms with Crippen molar-refractivity contribution in [2.24, 2.45) is 0 Å². The van der Waals surface area contributed by atoms with Crippen LogP contribution in [0.15, 0.2) is 162 Å². The number of nitrogens with zero attached hydrogens (tertiary/aromatic N) is 4. The monoisotopic (exact) mass is 619 g/mol. The quantitative estimate of drug-likeness (QED) is 0.197. The van der Waals surface area contributed by atoms with Crippen LogP contribution in [-0.4, -0.2) is 19.5 Å². The van der Waals surface area contributed by atoms with E-state index in [1.54, 1.807) is 0 Å². The van der Waals surface area contributed by atoms with Gasteiger partial charge >= 0.3 is 0 Å². The smallest absolute Gasteiger partial charge is 0.164 e. The standard InChI is InChI=1S/C43H26N4O/c1-3-11-27(12-4-1)41-44-42(30-19-21-38-34(24-30)33-17-9-10-18-37(33)47(38)32-15-5-2-6-16-32)46-43(45-41)31-20-22-39-35(25-31)36-23-28-13-7-8-14-29(28)26-40(36)48-39/h1-26H/i1D,3D,4D,11D,12D. The Balaban J connectivity index is 1.22. The number of fused-ring (bicyclic) bond motifs is 7. The molecule has 224 valence electrons. The first kappa shape index (κ1) is 22.0. The highest BCUT2D eigenvalue weighted by Crippen LogP contribution is 2.37. The molecule has 0 amide bonds. The molecule has 0 fully saturated rings. The SMILES string of the molecule is [2H]c1c([2H])c([2H])c(-c2nc(-c3ccc4oc5cc6ccccc6cc5c4c3)nc(-c3ccc4c(c3)c3ccccc3n4-c3ccccc3)n2)c([2H])c1[2H]. The van der Waals surface area contributed by atoms with E-state index in [1.165, 1.54) is 0 Å². The Morgan fingerprint density at radius 2 is 1.06 bits per heavy atom. The third-order valence-electron chi connectivity index (χ3n) is 8.90. The van der Waals surface area contributed by atoms with Gasteiger partial charge in [-0.1, -0.05) is 90.9 Å². The molecule has 0 N–H and O–H groups in total. The van der Waals surface area contributed by atoms with Crippen molar-refractivity contribution in [2.75, 3.05) is 0 Å². The van der Waals surface area contributed by atoms with E-state index in [2.05, 4.69) is 47.0 Å². The van der Waals surface area contributed by atoms with E-state index >= 15 is 0 Å². The predicted octanol–water partition coefficient (Wildman–Crippen LogP) is 11.0. The maximum Gasteiger partial charge on any atom is 0.164 e. The summed E-state index contributed by atoms with van der Waals surface area (Å²) in [7, 11) is 0. The zero-order valence-corrected chi connectivity index (χ0v) is 25.3. The van der Waals surface area contributed by atoms with Crippen molar-refractivity contribution < 1.29 is 11.3 Å². The van der Waals surface area contributed by atoms with Crippen molar-refractivity contribution in [1.29, 1.82) is 0 Å². The van der Waals surface area contributed by atoms with Crippen molar-refractivity contribution >= 4 is 54.5 Å². The van der Waals surface area contributed by atoms with E-state index in [0.29, 0.717) is 28.4 Å². The minimum atomic E-state index is -0.483. The van der Waals surface area contributed by atoms with Gasteiger partial charge in [0.25, 0.3) is 0 Å². The number of rotatable bonds is 4. The lowest BCUT2D eigenvalue weighted by Crippen LogP contribution is -2.00. The summed E-state index contributed by atoms with van der Waals surface area (Å²) in [4.78, 5) is 14.6. The average molecular weight is 620 g/mol. The summed E-state index contributed by atoms with van der Waals surface area (Å²) >= 11 is 0. The fourth-order valence-corrected chi connectivity index (χ4v) is 6.68. The number of furan rings is 1. The lowest BCUT2D eigenvalue weighted by molar-refractivity contribution is 0.669. The lowest BCUT2D eigenvalue weighted by Gasteiger charge is -2.10. The summed E-state index contributed by atoms with van der Waals surface area (Å²) in [6.45, 7) is 0. The second kappa shape index (κ2) is 10.5. The molecular formula is C43H26N4O. The molecule has 0 radical (unpaired) electrons. The summed E-state index contributed by atoms with van der Waals surface area (Å²) in [5.74, 6) is 0.580. The van der Waals surface area contributed by atoms with Crippen LogP contribution in [0.25, 0.3) is 94.4 Å². The van der Waals surface area contributed by atoms with Crippen LogP contribution in [0.3, 0.4) is 0 Å². The van der Waals surface area contributed by atoms with Gasteiger partial charge in [0.05, 0.1) is 17.9 Å². The molecule has 7 aromatic carbocycles. The van der Waals surface area contributed by atoms with Crippen molar-refractivity contribution in [1.82, 2.24) is 19.5 Å². The van der Waals surface area contributed by atoms with E-state index < -0.39 is 18.1 Å². The van der Waals surface area contributed by atoms with Gasteiger partial charge in [0.2, 0.25) is 0 Å². The molecule has 10 aromatic rings. The number of para-hydroxylation sites is 2. The van der Waals surface area contributed by atoms with Crippen LogP contribution in [0.4, 0.5) is 0 Å². The van der Waals surface area contributed by atoms with E-state index in [4.69, 9.17) is 26.2 Å². The maximum atomic E-state index is 8.76. The van der Waals surface area contributed by atoms with Crippen LogP contribution < -0.4 is 0 Å².